The summed E-state index contributed by atoms with van der Waals surface area (Å²) in [6, 6.07) is 96.2. The summed E-state index contributed by atoms with van der Waals surface area (Å²) >= 11 is 0. The maximum Gasteiger partial charge on any atom is 0.0700 e. The van der Waals surface area contributed by atoms with Gasteiger partial charge in [0.05, 0.1) is 63.9 Å². The van der Waals surface area contributed by atoms with Crippen LogP contribution in [0.15, 0.2) is 261 Å². The van der Waals surface area contributed by atoms with Gasteiger partial charge in [0.15, 0.2) is 0 Å². The normalized spacial score (nSPS) is 13.2. The molecule has 0 spiro atoms. The van der Waals surface area contributed by atoms with E-state index in [4.69, 9.17) is 37.9 Å². The number of rotatable bonds is 33. The number of para-hydroxylation sites is 3. The Bertz CT molecular complexity index is 4490. The number of hydrogen-bond acceptors (Lipinski definition) is 10. The molecular formula is C88H87N3O8. The summed E-state index contributed by atoms with van der Waals surface area (Å²) in [5, 5.41) is 2.36. The Kier molecular flexibility index (Phi) is 21.0. The molecule has 0 saturated carbocycles. The molecule has 11 nitrogen and oxygen atoms in total. The van der Waals surface area contributed by atoms with Crippen LogP contribution in [0.3, 0.4) is 0 Å². The molecule has 502 valence electrons. The van der Waals surface area contributed by atoms with Gasteiger partial charge in [0.25, 0.3) is 0 Å². The highest BCUT2D eigenvalue weighted by molar-refractivity contribution is 6.11. The quantitative estimate of drug-likeness (QED) is 0.0371. The Morgan fingerprint density at radius 2 is 0.667 bits per heavy atom. The Morgan fingerprint density at radius 3 is 1.18 bits per heavy atom. The van der Waals surface area contributed by atoms with E-state index in [0.29, 0.717) is 79.3 Å². The number of anilines is 6. The molecule has 0 saturated heterocycles. The number of methoxy groups -OCH3 is 4. The maximum atomic E-state index is 6.42. The van der Waals surface area contributed by atoms with Gasteiger partial charge >= 0.3 is 0 Å². The third kappa shape index (κ3) is 13.5. The lowest BCUT2D eigenvalue weighted by molar-refractivity contribution is 0.0490. The molecule has 0 N–H and O–H groups in total. The van der Waals surface area contributed by atoms with E-state index in [2.05, 4.69) is 275 Å². The SMILES string of the molecule is COCCOCCC1(CCOCCOC)c2ccccc2-c2ccc(N(c3ccc(-c4ccc5c(c4)c4ccccc4n5-c4cccc(N(c5ccccc5)c5ccccc5)c4)c(-c4ccccc4)c3)c3ccc4c(c3)C(CCOCCOC)(CCOCCOC)c3ccccc3-4)cc21. The van der Waals surface area contributed by atoms with Crippen LogP contribution in [0.4, 0.5) is 34.1 Å². The molecule has 0 aliphatic heterocycles. The third-order valence-electron chi connectivity index (χ3n) is 20.1. The zero-order chi connectivity index (χ0) is 67.4. The summed E-state index contributed by atoms with van der Waals surface area (Å²) < 4.78 is 50.0. The minimum atomic E-state index is -0.442. The second kappa shape index (κ2) is 31.1. The molecule has 1 aromatic heterocycles. The molecule has 12 aromatic rings. The van der Waals surface area contributed by atoms with Crippen LogP contribution in [0.25, 0.3) is 72.0 Å². The molecule has 14 rings (SSSR count). The molecule has 11 heteroatoms. The predicted octanol–water partition coefficient (Wildman–Crippen LogP) is 19.8. The summed E-state index contributed by atoms with van der Waals surface area (Å²) in [5.74, 6) is 0. The fraction of sp³-hybridized carbons (Fsp3) is 0.250. The summed E-state index contributed by atoms with van der Waals surface area (Å²) in [4.78, 5) is 4.82. The highest BCUT2D eigenvalue weighted by atomic mass is 16.5. The lowest BCUT2D eigenvalue weighted by Crippen LogP contribution is -2.30. The van der Waals surface area contributed by atoms with Gasteiger partial charge in [0.2, 0.25) is 0 Å². The number of ether oxygens (including phenoxy) is 8. The van der Waals surface area contributed by atoms with Gasteiger partial charge in [-0.3, -0.25) is 0 Å². The van der Waals surface area contributed by atoms with Crippen molar-refractivity contribution in [3.8, 4) is 50.2 Å². The van der Waals surface area contributed by atoms with Crippen LogP contribution in [-0.2, 0) is 48.7 Å². The van der Waals surface area contributed by atoms with E-state index in [1.807, 2.05) is 0 Å². The maximum absolute atomic E-state index is 6.42. The lowest BCUT2D eigenvalue weighted by atomic mass is 9.73. The van der Waals surface area contributed by atoms with Crippen LogP contribution in [0.5, 0.6) is 0 Å². The Balaban J connectivity index is 0.941. The van der Waals surface area contributed by atoms with E-state index in [9.17, 15) is 0 Å². The molecule has 1 heterocycles. The van der Waals surface area contributed by atoms with E-state index >= 15 is 0 Å². The first-order chi connectivity index (χ1) is 49.0. The molecule has 0 bridgehead atoms. The van der Waals surface area contributed by atoms with Gasteiger partial charge in [-0.1, -0.05) is 164 Å². The topological polar surface area (TPSA) is 85.3 Å². The Hall–Kier alpha value is -9.50. The van der Waals surface area contributed by atoms with Crippen LogP contribution in [0.1, 0.15) is 47.9 Å². The van der Waals surface area contributed by atoms with Gasteiger partial charge in [0.1, 0.15) is 0 Å². The number of aromatic nitrogens is 1. The van der Waals surface area contributed by atoms with Gasteiger partial charge in [-0.2, -0.15) is 0 Å². The number of nitrogens with zero attached hydrogens (tertiary/aromatic N) is 3. The molecule has 0 fully saturated rings. The highest BCUT2D eigenvalue weighted by Gasteiger charge is 2.45. The van der Waals surface area contributed by atoms with Gasteiger partial charge in [-0.05, 0) is 190 Å². The summed E-state index contributed by atoms with van der Waals surface area (Å²) in [6.07, 6.45) is 3.00. The first-order valence-corrected chi connectivity index (χ1v) is 34.8. The fourth-order valence-corrected chi connectivity index (χ4v) is 15.5. The molecule has 2 aliphatic rings. The van der Waals surface area contributed by atoms with E-state index in [-0.39, 0.29) is 0 Å². The van der Waals surface area contributed by atoms with Gasteiger partial charge < -0.3 is 52.3 Å². The zero-order valence-electron chi connectivity index (χ0n) is 57.2. The second-order valence-corrected chi connectivity index (χ2v) is 25.7. The van der Waals surface area contributed by atoms with Gasteiger partial charge in [-0.15, -0.1) is 0 Å². The second-order valence-electron chi connectivity index (χ2n) is 25.7. The van der Waals surface area contributed by atoms with E-state index in [1.54, 1.807) is 28.4 Å². The van der Waals surface area contributed by atoms with Crippen molar-refractivity contribution in [3.05, 3.63) is 283 Å². The van der Waals surface area contributed by atoms with Crippen molar-refractivity contribution in [2.24, 2.45) is 0 Å². The molecule has 0 radical (unpaired) electrons. The lowest BCUT2D eigenvalue weighted by Gasteiger charge is -2.35. The van der Waals surface area contributed by atoms with E-state index in [1.165, 1.54) is 55.3 Å². The minimum Gasteiger partial charge on any atom is -0.382 e. The van der Waals surface area contributed by atoms with Crippen LogP contribution in [-0.4, -0.2) is 112 Å². The molecule has 2 aliphatic carbocycles. The first-order valence-electron chi connectivity index (χ1n) is 34.8. The molecule has 0 amide bonds. The molecule has 0 atom stereocenters. The summed E-state index contributed by atoms with van der Waals surface area (Å²) in [6.45, 7) is 6.33. The van der Waals surface area contributed by atoms with Crippen molar-refractivity contribution in [1.29, 1.82) is 0 Å². The fourth-order valence-electron chi connectivity index (χ4n) is 15.5. The largest absolute Gasteiger partial charge is 0.382 e. The summed E-state index contributed by atoms with van der Waals surface area (Å²) in [7, 11) is 6.89. The van der Waals surface area contributed by atoms with Gasteiger partial charge in [0, 0.05) is 116 Å². The molecular weight excluding hydrogens is 1230 g/mol. The molecule has 0 unspecified atom stereocenters. The number of hydrogen-bond donors (Lipinski definition) is 0. The van der Waals surface area contributed by atoms with Crippen LogP contribution < -0.4 is 9.80 Å². The third-order valence-corrected chi connectivity index (χ3v) is 20.1. The van der Waals surface area contributed by atoms with Crippen molar-refractivity contribution in [2.75, 3.05) is 118 Å². The Labute approximate surface area is 582 Å². The Morgan fingerprint density at radius 1 is 0.263 bits per heavy atom. The monoisotopic (exact) mass is 1310 g/mol. The average molecular weight is 1310 g/mol. The van der Waals surface area contributed by atoms with Gasteiger partial charge in [-0.25, -0.2) is 0 Å². The van der Waals surface area contributed by atoms with Crippen molar-refractivity contribution < 1.29 is 37.9 Å². The standard InChI is InChI=1S/C88H87N3O8/c1-92-51-55-96-47-43-87(44-48-97-56-52-93-2)81-32-17-14-29-74(81)76-40-37-71(62-83(76)87)90(72-38-41-77-75-30-15-18-33-82(75)88(84(77)63-72,45-49-98-57-53-94-3)46-50-99-58-54-95-4)70-36-39-73(79(61-70)64-21-8-5-9-22-64)65-35-42-86-80(59-65)78-31-16-19-34-85(78)91(86)69-28-20-27-68(60-69)89(66-23-10-6-11-24-66)67-25-12-7-13-26-67/h5-42,59-63H,43-58H2,1-4H3. The summed E-state index contributed by atoms with van der Waals surface area (Å²) in [5.41, 5.74) is 23.3. The zero-order valence-corrected chi connectivity index (χ0v) is 57.2. The van der Waals surface area contributed by atoms with Crippen molar-refractivity contribution >= 4 is 55.9 Å². The van der Waals surface area contributed by atoms with Crippen LogP contribution in [0.2, 0.25) is 0 Å². The average Bonchev–Trinajstić information content (AvgIpc) is 1.57. The van der Waals surface area contributed by atoms with Crippen molar-refractivity contribution in [3.63, 3.8) is 0 Å². The number of benzene rings is 11. The van der Waals surface area contributed by atoms with Crippen LogP contribution >= 0.6 is 0 Å². The smallest absolute Gasteiger partial charge is 0.0700 e. The first kappa shape index (κ1) is 66.7. The van der Waals surface area contributed by atoms with Crippen LogP contribution in [0, 0.1) is 0 Å². The molecule has 11 aromatic carbocycles. The van der Waals surface area contributed by atoms with Crippen molar-refractivity contribution in [1.82, 2.24) is 4.57 Å². The minimum absolute atomic E-state index is 0.442. The van der Waals surface area contributed by atoms with E-state index in [0.717, 1.165) is 98.8 Å². The predicted molar refractivity (Wildman–Crippen MR) is 403 cm³/mol. The highest BCUT2D eigenvalue weighted by Crippen LogP contribution is 2.57. The van der Waals surface area contributed by atoms with Crippen molar-refractivity contribution in [2.45, 2.75) is 36.5 Å². The molecule has 99 heavy (non-hydrogen) atoms. The van der Waals surface area contributed by atoms with E-state index < -0.39 is 10.8 Å². The number of fused-ring (bicyclic) bond motifs is 9.